The fraction of sp³-hybridized carbons (Fsp3) is 0.0588. The molecule has 1 amide bonds. The molecule has 1 atom stereocenters. The number of carbonyl (C=O) groups excluding carboxylic acids is 1. The number of aliphatic hydroxyl groups is 1. The number of fused-ring (bicyclic) bond motifs is 1. The summed E-state index contributed by atoms with van der Waals surface area (Å²) >= 11 is 3.40. The Morgan fingerprint density at radius 1 is 1.17 bits per heavy atom. The summed E-state index contributed by atoms with van der Waals surface area (Å²) in [6.07, 6.45) is 2.88. The first-order valence-electron chi connectivity index (χ1n) is 7.06. The largest absolute Gasteiger partial charge is 0.510 e. The van der Waals surface area contributed by atoms with E-state index in [0.717, 1.165) is 21.1 Å². The molecule has 1 aliphatic rings. The summed E-state index contributed by atoms with van der Waals surface area (Å²) in [6.45, 7) is 0. The van der Waals surface area contributed by atoms with Crippen LogP contribution in [0.1, 0.15) is 11.6 Å². The maximum absolute atomic E-state index is 12.4. The van der Waals surface area contributed by atoms with Crippen LogP contribution in [0.5, 0.6) is 0 Å². The predicted molar refractivity (Wildman–Crippen MR) is 91.2 cm³/mol. The van der Waals surface area contributed by atoms with Crippen LogP contribution in [0.2, 0.25) is 0 Å². The third-order valence-electron chi connectivity index (χ3n) is 3.91. The lowest BCUT2D eigenvalue weighted by Gasteiger charge is -2.26. The van der Waals surface area contributed by atoms with E-state index in [2.05, 4.69) is 25.9 Å². The smallest absolute Gasteiger partial charge is 0.255 e. The van der Waals surface area contributed by atoms with Gasteiger partial charge in [-0.25, -0.2) is 4.98 Å². The number of aromatic amines is 1. The second-order valence-corrected chi connectivity index (χ2v) is 6.25. The van der Waals surface area contributed by atoms with Crippen molar-refractivity contribution in [3.8, 4) is 0 Å². The molecule has 0 fully saturated rings. The van der Waals surface area contributed by atoms with Crippen molar-refractivity contribution in [2.45, 2.75) is 6.04 Å². The van der Waals surface area contributed by atoms with E-state index in [1.165, 1.54) is 6.08 Å². The lowest BCUT2D eigenvalue weighted by Crippen LogP contribution is -2.29. The SMILES string of the molecule is O=C1C=C(O)C(c2ccc(Br)cc2)N1c1ccc2nc[nH]c2c1. The molecule has 1 unspecified atom stereocenters. The molecule has 5 nitrogen and oxygen atoms in total. The van der Waals surface area contributed by atoms with Crippen molar-refractivity contribution in [1.82, 2.24) is 9.97 Å². The van der Waals surface area contributed by atoms with Crippen molar-refractivity contribution in [3.63, 3.8) is 0 Å². The van der Waals surface area contributed by atoms with Gasteiger partial charge in [-0.1, -0.05) is 28.1 Å². The number of benzene rings is 2. The van der Waals surface area contributed by atoms with E-state index >= 15 is 0 Å². The van der Waals surface area contributed by atoms with Crippen LogP contribution in [-0.2, 0) is 4.79 Å². The van der Waals surface area contributed by atoms with E-state index in [9.17, 15) is 9.90 Å². The summed E-state index contributed by atoms with van der Waals surface area (Å²) < 4.78 is 0.944. The van der Waals surface area contributed by atoms with Gasteiger partial charge < -0.3 is 10.1 Å². The van der Waals surface area contributed by atoms with Crippen LogP contribution in [0.3, 0.4) is 0 Å². The Morgan fingerprint density at radius 3 is 2.74 bits per heavy atom. The van der Waals surface area contributed by atoms with Crippen molar-refractivity contribution in [1.29, 1.82) is 0 Å². The van der Waals surface area contributed by atoms with Gasteiger partial charge in [0, 0.05) is 16.2 Å². The molecule has 2 heterocycles. The molecule has 0 saturated heterocycles. The highest BCUT2D eigenvalue weighted by Gasteiger charge is 2.35. The molecule has 6 heteroatoms. The van der Waals surface area contributed by atoms with Crippen LogP contribution in [0, 0.1) is 0 Å². The number of halogens is 1. The molecule has 23 heavy (non-hydrogen) atoms. The number of nitrogens with zero attached hydrogens (tertiary/aromatic N) is 2. The number of carbonyl (C=O) groups is 1. The van der Waals surface area contributed by atoms with Gasteiger partial charge in [-0.2, -0.15) is 0 Å². The van der Waals surface area contributed by atoms with Gasteiger partial charge in [0.1, 0.15) is 11.8 Å². The summed E-state index contributed by atoms with van der Waals surface area (Å²) in [4.78, 5) is 21.2. The second-order valence-electron chi connectivity index (χ2n) is 5.34. The first-order valence-corrected chi connectivity index (χ1v) is 7.85. The highest BCUT2D eigenvalue weighted by atomic mass is 79.9. The zero-order valence-electron chi connectivity index (χ0n) is 11.9. The number of hydrogen-bond acceptors (Lipinski definition) is 3. The fourth-order valence-corrected chi connectivity index (χ4v) is 3.11. The first kappa shape index (κ1) is 14.0. The molecule has 0 radical (unpaired) electrons. The molecular weight excluding hydrogens is 358 g/mol. The van der Waals surface area contributed by atoms with E-state index in [-0.39, 0.29) is 11.7 Å². The number of rotatable bonds is 2. The number of H-pyrrole nitrogens is 1. The lowest BCUT2D eigenvalue weighted by atomic mass is 10.0. The van der Waals surface area contributed by atoms with Gasteiger partial charge in [0.25, 0.3) is 5.91 Å². The van der Waals surface area contributed by atoms with Crippen molar-refractivity contribution in [3.05, 3.63) is 70.7 Å². The number of amides is 1. The number of anilines is 1. The van der Waals surface area contributed by atoms with Crippen LogP contribution >= 0.6 is 15.9 Å². The van der Waals surface area contributed by atoms with Gasteiger partial charge in [0.15, 0.2) is 0 Å². The van der Waals surface area contributed by atoms with Crippen molar-refractivity contribution >= 4 is 38.6 Å². The maximum atomic E-state index is 12.4. The molecule has 0 spiro atoms. The van der Waals surface area contributed by atoms with Crippen LogP contribution in [0.15, 0.2) is 65.1 Å². The Hall–Kier alpha value is -2.60. The zero-order chi connectivity index (χ0) is 16.0. The van der Waals surface area contributed by atoms with Gasteiger partial charge in [-0.3, -0.25) is 9.69 Å². The minimum Gasteiger partial charge on any atom is -0.510 e. The summed E-state index contributed by atoms with van der Waals surface area (Å²) in [6, 6.07) is 12.6. The average Bonchev–Trinajstić information content (AvgIpc) is 3.11. The lowest BCUT2D eigenvalue weighted by molar-refractivity contribution is -0.113. The standard InChI is InChI=1S/C17H12BrN3O2/c18-11-3-1-10(2-4-11)17-15(22)8-16(23)21(17)12-5-6-13-14(7-12)20-9-19-13/h1-9,17,22H,(H,19,20). The van der Waals surface area contributed by atoms with Crippen LogP contribution in [0.4, 0.5) is 5.69 Å². The molecular formula is C17H12BrN3O2. The van der Waals surface area contributed by atoms with E-state index in [0.29, 0.717) is 5.69 Å². The maximum Gasteiger partial charge on any atom is 0.255 e. The summed E-state index contributed by atoms with van der Waals surface area (Å²) in [5.74, 6) is -0.198. The average molecular weight is 370 g/mol. The minimum atomic E-state index is -0.518. The van der Waals surface area contributed by atoms with Crippen LogP contribution in [0.25, 0.3) is 11.0 Å². The number of imidazole rings is 1. The summed E-state index contributed by atoms with van der Waals surface area (Å²) in [5, 5.41) is 10.3. The molecule has 3 aromatic rings. The highest BCUT2D eigenvalue weighted by molar-refractivity contribution is 9.10. The van der Waals surface area contributed by atoms with Crippen LogP contribution in [-0.4, -0.2) is 21.0 Å². The van der Waals surface area contributed by atoms with E-state index in [1.54, 1.807) is 11.2 Å². The summed E-state index contributed by atoms with van der Waals surface area (Å²) in [7, 11) is 0. The second kappa shape index (κ2) is 5.24. The number of aromatic nitrogens is 2. The molecule has 0 aliphatic carbocycles. The van der Waals surface area contributed by atoms with Gasteiger partial charge in [0.05, 0.1) is 17.4 Å². The molecule has 2 aromatic carbocycles. The topological polar surface area (TPSA) is 69.2 Å². The Balaban J connectivity index is 1.81. The molecule has 4 rings (SSSR count). The third kappa shape index (κ3) is 2.31. The Labute approximate surface area is 140 Å². The first-order chi connectivity index (χ1) is 11.1. The van der Waals surface area contributed by atoms with Gasteiger partial charge >= 0.3 is 0 Å². The molecule has 0 bridgehead atoms. The van der Waals surface area contributed by atoms with Crippen molar-refractivity contribution in [2.24, 2.45) is 0 Å². The summed E-state index contributed by atoms with van der Waals surface area (Å²) in [5.41, 5.74) is 3.23. The monoisotopic (exact) mass is 369 g/mol. The number of hydrogen-bond donors (Lipinski definition) is 2. The van der Waals surface area contributed by atoms with Gasteiger partial charge in [0.2, 0.25) is 0 Å². The molecule has 1 aromatic heterocycles. The predicted octanol–water partition coefficient (Wildman–Crippen LogP) is 3.86. The van der Waals surface area contributed by atoms with Crippen molar-refractivity contribution < 1.29 is 9.90 Å². The van der Waals surface area contributed by atoms with E-state index < -0.39 is 6.04 Å². The zero-order valence-corrected chi connectivity index (χ0v) is 13.5. The molecule has 2 N–H and O–H groups in total. The van der Waals surface area contributed by atoms with Gasteiger partial charge in [-0.05, 0) is 35.9 Å². The minimum absolute atomic E-state index is 0.0435. The quantitative estimate of drug-likeness (QED) is 0.720. The number of aliphatic hydroxyl groups excluding tert-OH is 1. The van der Waals surface area contributed by atoms with Gasteiger partial charge in [-0.15, -0.1) is 0 Å². The highest BCUT2D eigenvalue weighted by Crippen LogP contribution is 2.37. The molecule has 114 valence electrons. The Kier molecular flexibility index (Phi) is 3.20. The number of nitrogens with one attached hydrogen (secondary N) is 1. The Morgan fingerprint density at radius 2 is 1.96 bits per heavy atom. The molecule has 0 saturated carbocycles. The Bertz CT molecular complexity index is 930. The van der Waals surface area contributed by atoms with Crippen LogP contribution < -0.4 is 4.90 Å². The third-order valence-corrected chi connectivity index (χ3v) is 4.44. The van der Waals surface area contributed by atoms with E-state index in [1.807, 2.05) is 42.5 Å². The van der Waals surface area contributed by atoms with Crippen molar-refractivity contribution in [2.75, 3.05) is 4.90 Å². The normalized spacial score (nSPS) is 17.8. The molecule has 1 aliphatic heterocycles. The van der Waals surface area contributed by atoms with E-state index in [4.69, 9.17) is 0 Å². The fourth-order valence-electron chi connectivity index (χ4n) is 2.85.